The van der Waals surface area contributed by atoms with Crippen molar-refractivity contribution < 1.29 is 17.4 Å². The summed E-state index contributed by atoms with van der Waals surface area (Å²) in [4.78, 5) is 0. The van der Waals surface area contributed by atoms with E-state index < -0.39 is 10.1 Å². The summed E-state index contributed by atoms with van der Waals surface area (Å²) in [5.74, 6) is -0.0626. The number of aromatic nitrogens is 2. The Kier molecular flexibility index (Phi) is 4.82. The molecule has 1 heterocycles. The molecule has 0 amide bonds. The third kappa shape index (κ3) is 4.10. The van der Waals surface area contributed by atoms with Gasteiger partial charge in [0.1, 0.15) is 5.82 Å². The second-order valence-electron chi connectivity index (χ2n) is 6.10. The molecule has 0 bridgehead atoms. The summed E-state index contributed by atoms with van der Waals surface area (Å²) in [5, 5.41) is 7.95. The van der Waals surface area contributed by atoms with Crippen LogP contribution in [0, 0.1) is 5.82 Å². The van der Waals surface area contributed by atoms with E-state index in [1.54, 1.807) is 12.1 Å². The lowest BCUT2D eigenvalue weighted by atomic mass is 9.91. The molecule has 0 spiro atoms. The Balaban J connectivity index is 1.90. The van der Waals surface area contributed by atoms with Crippen LogP contribution < -0.4 is 0 Å². The molecule has 128 valence electrons. The number of H-pyrrole nitrogens is 1. The normalized spacial score (nSPS) is 18.5. The van der Waals surface area contributed by atoms with Crippen LogP contribution >= 0.6 is 0 Å². The van der Waals surface area contributed by atoms with E-state index in [2.05, 4.69) is 10.2 Å². The molecule has 1 atom stereocenters. The van der Waals surface area contributed by atoms with Crippen LogP contribution in [0.4, 0.5) is 4.39 Å². The van der Waals surface area contributed by atoms with Gasteiger partial charge in [0.15, 0.2) is 0 Å². The Bertz CT molecular complexity index is 858. The minimum Gasteiger partial charge on any atom is -0.282 e. The largest absolute Gasteiger partial charge is 0.287 e. The zero-order valence-corrected chi connectivity index (χ0v) is 13.9. The van der Waals surface area contributed by atoms with Crippen molar-refractivity contribution in [3.05, 3.63) is 58.0 Å². The summed E-state index contributed by atoms with van der Waals surface area (Å²) in [7, 11) is -4.18. The van der Waals surface area contributed by atoms with Gasteiger partial charge < -0.3 is 0 Å². The molecule has 2 aromatic rings. The SMILES string of the molecule is O=S(=O)(O)C=Cc1n[nH]c2c1CCCC[C@H]2Cc1cccc(F)c1. The van der Waals surface area contributed by atoms with Crippen LogP contribution in [-0.2, 0) is 23.0 Å². The molecule has 0 saturated heterocycles. The van der Waals surface area contributed by atoms with Crippen molar-refractivity contribution in [2.75, 3.05) is 0 Å². The van der Waals surface area contributed by atoms with Crippen LogP contribution in [0.15, 0.2) is 29.7 Å². The molecule has 1 aliphatic rings. The van der Waals surface area contributed by atoms with Crippen LogP contribution in [0.2, 0.25) is 0 Å². The molecule has 5 nitrogen and oxygen atoms in total. The summed E-state index contributed by atoms with van der Waals surface area (Å²) in [5.41, 5.74) is 3.42. The number of nitrogens with one attached hydrogen (secondary N) is 1. The number of halogens is 1. The lowest BCUT2D eigenvalue weighted by Crippen LogP contribution is -2.04. The van der Waals surface area contributed by atoms with Crippen LogP contribution in [0.25, 0.3) is 6.08 Å². The Labute approximate surface area is 140 Å². The van der Waals surface area contributed by atoms with Crippen molar-refractivity contribution in [2.45, 2.75) is 38.0 Å². The van der Waals surface area contributed by atoms with Crippen molar-refractivity contribution >= 4 is 16.2 Å². The summed E-state index contributed by atoms with van der Waals surface area (Å²) in [6, 6.07) is 6.58. The number of benzene rings is 1. The van der Waals surface area contributed by atoms with E-state index >= 15 is 0 Å². The number of fused-ring (bicyclic) bond motifs is 1. The van der Waals surface area contributed by atoms with Gasteiger partial charge in [0, 0.05) is 17.2 Å². The first-order chi connectivity index (χ1) is 11.4. The van der Waals surface area contributed by atoms with Gasteiger partial charge in [-0.2, -0.15) is 13.5 Å². The molecule has 24 heavy (non-hydrogen) atoms. The first kappa shape index (κ1) is 16.9. The fraction of sp³-hybridized carbons (Fsp3) is 0.353. The highest BCUT2D eigenvalue weighted by Gasteiger charge is 2.23. The molecule has 1 aromatic carbocycles. The fourth-order valence-electron chi connectivity index (χ4n) is 3.27. The van der Waals surface area contributed by atoms with E-state index in [-0.39, 0.29) is 11.7 Å². The van der Waals surface area contributed by atoms with Gasteiger partial charge >= 0.3 is 0 Å². The van der Waals surface area contributed by atoms with Crippen LogP contribution in [0.5, 0.6) is 0 Å². The topological polar surface area (TPSA) is 83.1 Å². The number of hydrogen-bond donors (Lipinski definition) is 2. The van der Waals surface area contributed by atoms with Gasteiger partial charge in [-0.1, -0.05) is 18.6 Å². The van der Waals surface area contributed by atoms with Crippen molar-refractivity contribution in [1.82, 2.24) is 10.2 Å². The summed E-state index contributed by atoms with van der Waals surface area (Å²) in [6.07, 6.45) is 5.82. The van der Waals surface area contributed by atoms with Gasteiger partial charge in [-0.05, 0) is 49.5 Å². The van der Waals surface area contributed by atoms with E-state index in [1.165, 1.54) is 12.1 Å². The molecular weight excluding hydrogens is 331 g/mol. The van der Waals surface area contributed by atoms with Crippen LogP contribution in [0.3, 0.4) is 0 Å². The van der Waals surface area contributed by atoms with Gasteiger partial charge in [-0.25, -0.2) is 4.39 Å². The zero-order chi connectivity index (χ0) is 17.2. The lowest BCUT2D eigenvalue weighted by molar-refractivity contribution is 0.494. The van der Waals surface area contributed by atoms with Gasteiger partial charge in [0.25, 0.3) is 10.1 Å². The van der Waals surface area contributed by atoms with E-state index in [0.29, 0.717) is 12.1 Å². The molecule has 0 fully saturated rings. The maximum atomic E-state index is 13.4. The summed E-state index contributed by atoms with van der Waals surface area (Å²) < 4.78 is 44.1. The van der Waals surface area contributed by atoms with Crippen molar-refractivity contribution in [3.8, 4) is 0 Å². The maximum Gasteiger partial charge on any atom is 0.287 e. The molecule has 0 saturated carbocycles. The summed E-state index contributed by atoms with van der Waals surface area (Å²) in [6.45, 7) is 0. The Hall–Kier alpha value is -1.99. The Morgan fingerprint density at radius 2 is 2.21 bits per heavy atom. The maximum absolute atomic E-state index is 13.4. The van der Waals surface area contributed by atoms with Gasteiger partial charge in [-0.3, -0.25) is 9.65 Å². The van der Waals surface area contributed by atoms with Gasteiger partial charge in [0.2, 0.25) is 0 Å². The molecule has 2 N–H and O–H groups in total. The summed E-state index contributed by atoms with van der Waals surface area (Å²) >= 11 is 0. The predicted octanol–water partition coefficient (Wildman–Crippen LogP) is 3.46. The molecule has 7 heteroatoms. The Morgan fingerprint density at radius 1 is 1.38 bits per heavy atom. The van der Waals surface area contributed by atoms with E-state index in [0.717, 1.165) is 47.9 Å². The molecule has 1 aliphatic carbocycles. The first-order valence-electron chi connectivity index (χ1n) is 7.89. The number of nitrogens with zero attached hydrogens (tertiary/aromatic N) is 1. The predicted molar refractivity (Wildman–Crippen MR) is 89.6 cm³/mol. The molecule has 3 rings (SSSR count). The second kappa shape index (κ2) is 6.86. The average Bonchev–Trinajstić information content (AvgIpc) is 2.80. The Morgan fingerprint density at radius 3 is 2.96 bits per heavy atom. The molecule has 0 unspecified atom stereocenters. The number of hydrogen-bond acceptors (Lipinski definition) is 3. The first-order valence-corrected chi connectivity index (χ1v) is 9.40. The van der Waals surface area contributed by atoms with Gasteiger partial charge in [-0.15, -0.1) is 0 Å². The number of rotatable bonds is 4. The van der Waals surface area contributed by atoms with E-state index in [9.17, 15) is 12.8 Å². The quantitative estimate of drug-likeness (QED) is 0.653. The highest BCUT2D eigenvalue weighted by Crippen LogP contribution is 2.33. The third-order valence-electron chi connectivity index (χ3n) is 4.34. The molecule has 1 aromatic heterocycles. The minimum absolute atomic E-state index is 0.185. The molecule has 0 aliphatic heterocycles. The third-order valence-corrected chi connectivity index (χ3v) is 4.82. The van der Waals surface area contributed by atoms with Crippen molar-refractivity contribution in [1.29, 1.82) is 0 Å². The van der Waals surface area contributed by atoms with Crippen LogP contribution in [-0.4, -0.2) is 23.2 Å². The van der Waals surface area contributed by atoms with Gasteiger partial charge in [0.05, 0.1) is 11.1 Å². The minimum atomic E-state index is -4.18. The zero-order valence-electron chi connectivity index (χ0n) is 13.1. The molecular formula is C17H19FN2O3S. The average molecular weight is 350 g/mol. The van der Waals surface area contributed by atoms with Crippen molar-refractivity contribution in [2.24, 2.45) is 0 Å². The standard InChI is InChI=1S/C17H19FN2O3S/c18-14-6-3-4-12(11-14)10-13-5-1-2-7-15-16(19-20-17(13)15)8-9-24(21,22)23/h3-4,6,8-9,11,13H,1-2,5,7,10H2,(H,19,20)(H,21,22,23)/t13-/m0/s1. The highest BCUT2D eigenvalue weighted by atomic mass is 32.2. The smallest absolute Gasteiger partial charge is 0.282 e. The highest BCUT2D eigenvalue weighted by molar-refractivity contribution is 7.88. The number of aromatic amines is 1. The lowest BCUT2D eigenvalue weighted by Gasteiger charge is -2.14. The second-order valence-corrected chi connectivity index (χ2v) is 7.40. The fourth-order valence-corrected chi connectivity index (χ4v) is 3.57. The molecule has 0 radical (unpaired) electrons. The monoisotopic (exact) mass is 350 g/mol. The van der Waals surface area contributed by atoms with E-state index in [4.69, 9.17) is 4.55 Å². The van der Waals surface area contributed by atoms with Crippen LogP contribution in [0.1, 0.15) is 47.7 Å². The van der Waals surface area contributed by atoms with E-state index in [1.807, 2.05) is 6.07 Å². The van der Waals surface area contributed by atoms with Crippen molar-refractivity contribution in [3.63, 3.8) is 0 Å².